The summed E-state index contributed by atoms with van der Waals surface area (Å²) in [5, 5.41) is 2.81. The first kappa shape index (κ1) is 31.1. The molecule has 214 valence electrons. The van der Waals surface area contributed by atoms with Gasteiger partial charge in [-0.25, -0.2) is 12.8 Å². The van der Waals surface area contributed by atoms with Crippen LogP contribution < -0.4 is 14.4 Å². The van der Waals surface area contributed by atoms with Gasteiger partial charge in [0, 0.05) is 17.1 Å². The van der Waals surface area contributed by atoms with Crippen molar-refractivity contribution in [3.05, 3.63) is 88.6 Å². The van der Waals surface area contributed by atoms with Crippen molar-refractivity contribution in [3.8, 4) is 5.75 Å². The first-order chi connectivity index (χ1) is 18.9. The lowest BCUT2D eigenvalue weighted by Gasteiger charge is -2.32. The number of hydrogen-bond donors (Lipinski definition) is 1. The zero-order valence-electron chi connectivity index (χ0n) is 22.8. The summed E-state index contributed by atoms with van der Waals surface area (Å²) in [5.41, 5.74) is 0.847. The van der Waals surface area contributed by atoms with Crippen LogP contribution in [-0.2, 0) is 26.2 Å². The van der Waals surface area contributed by atoms with Gasteiger partial charge < -0.3 is 15.0 Å². The zero-order chi connectivity index (χ0) is 29.4. The average molecular weight is 635 g/mol. The number of anilines is 1. The second-order valence-electron chi connectivity index (χ2n) is 9.38. The van der Waals surface area contributed by atoms with Gasteiger partial charge in [-0.05, 0) is 93.9 Å². The first-order valence-electron chi connectivity index (χ1n) is 12.8. The Kier molecular flexibility index (Phi) is 10.7. The van der Waals surface area contributed by atoms with Gasteiger partial charge >= 0.3 is 0 Å². The molecular weight excluding hydrogens is 601 g/mol. The molecule has 0 aliphatic rings. The average Bonchev–Trinajstić information content (AvgIpc) is 2.90. The molecule has 3 aromatic carbocycles. The van der Waals surface area contributed by atoms with Crippen LogP contribution in [0.15, 0.2) is 82.2 Å². The Morgan fingerprint density at radius 3 is 2.23 bits per heavy atom. The Labute approximate surface area is 243 Å². The van der Waals surface area contributed by atoms with Gasteiger partial charge in [0.2, 0.25) is 11.8 Å². The van der Waals surface area contributed by atoms with Crippen LogP contribution in [-0.4, -0.2) is 50.4 Å². The van der Waals surface area contributed by atoms with Crippen LogP contribution >= 0.6 is 15.9 Å². The van der Waals surface area contributed by atoms with Crippen LogP contribution in [0.2, 0.25) is 0 Å². The van der Waals surface area contributed by atoms with Crippen molar-refractivity contribution < 1.29 is 27.1 Å². The third-order valence-electron chi connectivity index (χ3n) is 5.96. The maximum Gasteiger partial charge on any atom is 0.264 e. The van der Waals surface area contributed by atoms with Crippen LogP contribution in [0.25, 0.3) is 0 Å². The van der Waals surface area contributed by atoms with Crippen molar-refractivity contribution in [2.75, 3.05) is 17.5 Å². The fraction of sp³-hybridized carbons (Fsp3) is 0.310. The zero-order valence-corrected chi connectivity index (χ0v) is 25.2. The second-order valence-corrected chi connectivity index (χ2v) is 12.2. The molecule has 2 amide bonds. The van der Waals surface area contributed by atoms with E-state index in [2.05, 4.69) is 21.2 Å². The summed E-state index contributed by atoms with van der Waals surface area (Å²) >= 11 is 3.42. The molecule has 0 saturated heterocycles. The summed E-state index contributed by atoms with van der Waals surface area (Å²) in [6.45, 7) is 6.89. The van der Waals surface area contributed by atoms with E-state index in [0.29, 0.717) is 12.4 Å². The molecule has 40 heavy (non-hydrogen) atoms. The van der Waals surface area contributed by atoms with E-state index in [4.69, 9.17) is 4.74 Å². The molecule has 3 aromatic rings. The van der Waals surface area contributed by atoms with Crippen LogP contribution in [0.4, 0.5) is 10.1 Å². The number of nitrogens with one attached hydrogen (secondary N) is 1. The summed E-state index contributed by atoms with van der Waals surface area (Å²) in [6, 6.07) is 16.9. The highest BCUT2D eigenvalue weighted by Crippen LogP contribution is 2.26. The Morgan fingerprint density at radius 2 is 1.65 bits per heavy atom. The Bertz CT molecular complexity index is 1420. The minimum absolute atomic E-state index is 0.0608. The van der Waals surface area contributed by atoms with E-state index in [1.807, 2.05) is 45.0 Å². The van der Waals surface area contributed by atoms with Crippen molar-refractivity contribution in [1.29, 1.82) is 0 Å². The fourth-order valence-corrected chi connectivity index (χ4v) is 5.82. The molecule has 1 N–H and O–H groups in total. The molecule has 0 saturated carbocycles. The topological polar surface area (TPSA) is 96.0 Å². The summed E-state index contributed by atoms with van der Waals surface area (Å²) in [4.78, 5) is 28.1. The van der Waals surface area contributed by atoms with E-state index in [-0.39, 0.29) is 29.1 Å². The molecule has 3 rings (SSSR count). The standard InChI is InChI=1S/C29H33BrFN3O5S/c1-5-39-26-13-15-27(16-14-26)40(37,38)34(25-11-9-24(31)10-12-25)19-28(35)33(21(4)29(36)32-20(2)3)18-22-7-6-8-23(30)17-22/h6-17,20-21H,5,18-19H2,1-4H3,(H,32,36)/t21-/m0/s1. The number of sulfonamides is 1. The van der Waals surface area contributed by atoms with Crippen LogP contribution in [0, 0.1) is 5.82 Å². The van der Waals surface area contributed by atoms with E-state index >= 15 is 0 Å². The first-order valence-corrected chi connectivity index (χ1v) is 15.0. The molecule has 1 atom stereocenters. The molecule has 11 heteroatoms. The molecule has 0 aliphatic carbocycles. The highest BCUT2D eigenvalue weighted by atomic mass is 79.9. The van der Waals surface area contributed by atoms with Crippen LogP contribution in [0.3, 0.4) is 0 Å². The van der Waals surface area contributed by atoms with Gasteiger partial charge in [0.05, 0.1) is 17.2 Å². The lowest BCUT2D eigenvalue weighted by atomic mass is 10.1. The predicted molar refractivity (Wildman–Crippen MR) is 156 cm³/mol. The number of ether oxygens (including phenoxy) is 1. The number of rotatable bonds is 12. The highest BCUT2D eigenvalue weighted by Gasteiger charge is 2.32. The molecule has 0 radical (unpaired) electrons. The quantitative estimate of drug-likeness (QED) is 0.299. The van der Waals surface area contributed by atoms with Crippen molar-refractivity contribution in [1.82, 2.24) is 10.2 Å². The van der Waals surface area contributed by atoms with Gasteiger partial charge in [-0.3, -0.25) is 13.9 Å². The highest BCUT2D eigenvalue weighted by molar-refractivity contribution is 9.10. The molecule has 0 bridgehead atoms. The Morgan fingerprint density at radius 1 is 1.00 bits per heavy atom. The minimum Gasteiger partial charge on any atom is -0.494 e. The SMILES string of the molecule is CCOc1ccc(S(=O)(=O)N(CC(=O)N(Cc2cccc(Br)c2)[C@@H](C)C(=O)NC(C)C)c2ccc(F)cc2)cc1. The molecule has 0 unspecified atom stereocenters. The minimum atomic E-state index is -4.27. The van der Waals surface area contributed by atoms with Gasteiger partial charge in [-0.2, -0.15) is 0 Å². The van der Waals surface area contributed by atoms with E-state index in [0.717, 1.165) is 26.5 Å². The van der Waals surface area contributed by atoms with Crippen molar-refractivity contribution in [2.45, 2.75) is 51.2 Å². The second kappa shape index (κ2) is 13.8. The molecule has 0 heterocycles. The van der Waals surface area contributed by atoms with Gasteiger partial charge in [-0.1, -0.05) is 28.1 Å². The number of halogens is 2. The smallest absolute Gasteiger partial charge is 0.264 e. The molecule has 0 spiro atoms. The number of benzene rings is 3. The summed E-state index contributed by atoms with van der Waals surface area (Å²) < 4.78 is 48.5. The van der Waals surface area contributed by atoms with Crippen molar-refractivity contribution in [3.63, 3.8) is 0 Å². The van der Waals surface area contributed by atoms with Gasteiger partial charge in [-0.15, -0.1) is 0 Å². The molecular formula is C29H33BrFN3O5S. The Hall–Kier alpha value is -3.44. The summed E-state index contributed by atoms with van der Waals surface area (Å²) in [7, 11) is -4.27. The molecule has 0 fully saturated rings. The fourth-order valence-electron chi connectivity index (χ4n) is 3.96. The number of amides is 2. The summed E-state index contributed by atoms with van der Waals surface area (Å²) in [5.74, 6) is -1.04. The van der Waals surface area contributed by atoms with Gasteiger partial charge in [0.25, 0.3) is 10.0 Å². The number of hydrogen-bond acceptors (Lipinski definition) is 5. The number of carbonyl (C=O) groups is 2. The maximum atomic E-state index is 13.9. The lowest BCUT2D eigenvalue weighted by molar-refractivity contribution is -0.139. The third-order valence-corrected chi connectivity index (χ3v) is 8.24. The van der Waals surface area contributed by atoms with Crippen molar-refractivity contribution in [2.24, 2.45) is 0 Å². The monoisotopic (exact) mass is 633 g/mol. The predicted octanol–water partition coefficient (Wildman–Crippen LogP) is 5.12. The van der Waals surface area contributed by atoms with Gasteiger partial charge in [0.15, 0.2) is 0 Å². The third kappa shape index (κ3) is 8.04. The normalized spacial score (nSPS) is 12.1. The number of carbonyl (C=O) groups excluding carboxylic acids is 2. The van der Waals surface area contributed by atoms with E-state index in [9.17, 15) is 22.4 Å². The van der Waals surface area contributed by atoms with Gasteiger partial charge in [0.1, 0.15) is 24.2 Å². The van der Waals surface area contributed by atoms with Crippen molar-refractivity contribution >= 4 is 43.5 Å². The van der Waals surface area contributed by atoms with E-state index in [1.54, 1.807) is 6.92 Å². The largest absolute Gasteiger partial charge is 0.494 e. The van der Waals surface area contributed by atoms with Crippen LogP contribution in [0.5, 0.6) is 5.75 Å². The number of nitrogens with zero attached hydrogens (tertiary/aromatic N) is 2. The molecule has 0 aliphatic heterocycles. The lowest BCUT2D eigenvalue weighted by Crippen LogP contribution is -2.52. The molecule has 0 aromatic heterocycles. The Balaban J connectivity index is 2.02. The summed E-state index contributed by atoms with van der Waals surface area (Å²) in [6.07, 6.45) is 0. The maximum absolute atomic E-state index is 13.9. The van der Waals surface area contributed by atoms with E-state index in [1.165, 1.54) is 41.3 Å². The van der Waals surface area contributed by atoms with Crippen LogP contribution in [0.1, 0.15) is 33.3 Å². The van der Waals surface area contributed by atoms with E-state index < -0.39 is 34.3 Å². The molecule has 8 nitrogen and oxygen atoms in total.